The number of fused-ring (bicyclic) bond motifs is 3. The Bertz CT molecular complexity index is 1930. The summed E-state index contributed by atoms with van der Waals surface area (Å²) >= 11 is 0.675. The number of thiophene rings is 1. The van der Waals surface area contributed by atoms with Crippen molar-refractivity contribution in [2.75, 3.05) is 56.6 Å². The molecule has 3 fully saturated rings. The fourth-order valence-electron chi connectivity index (χ4n) is 7.16. The topological polar surface area (TPSA) is 121 Å². The number of nitrogens with two attached hydrogens (primary N) is 1. The van der Waals surface area contributed by atoms with E-state index in [1.165, 1.54) is 0 Å². The average Bonchev–Trinajstić information content (AvgIpc) is 3.69. The van der Waals surface area contributed by atoms with Crippen molar-refractivity contribution in [2.24, 2.45) is 0 Å². The molecule has 47 heavy (non-hydrogen) atoms. The highest BCUT2D eigenvalue weighted by Crippen LogP contribution is 2.48. The number of hydrogen-bond donors (Lipinski definition) is 2. The van der Waals surface area contributed by atoms with Crippen molar-refractivity contribution in [3.8, 4) is 23.2 Å². The molecule has 248 valence electrons. The minimum atomic E-state index is -5.11. The molecule has 2 aromatic carbocycles. The number of hydrogen-bond acceptors (Lipinski definition) is 10. The molecule has 2 aromatic heterocycles. The van der Waals surface area contributed by atoms with E-state index in [1.807, 2.05) is 4.90 Å². The average molecular weight is 679 g/mol. The van der Waals surface area contributed by atoms with Gasteiger partial charge in [-0.3, -0.25) is 4.90 Å². The Morgan fingerprint density at radius 2 is 2.02 bits per heavy atom. The quantitative estimate of drug-likeness (QED) is 0.258. The van der Waals surface area contributed by atoms with Crippen LogP contribution in [0.2, 0.25) is 0 Å². The standard InChI is InChI=1S/C31H28F6N6O3S/c32-15-9-30(4-1-5-43(30)11-15)14-46-29-40-25-18(28(41-29)42-6-7-45-16(12-42)13-44)8-20(31(35,36)37)23(24(25)34)17-2-3-21(33)26-22(17)19(10-38)27(39)47-26/h2-3,8,15-16,44H,1,4-7,9,11-14,39H2. The van der Waals surface area contributed by atoms with Gasteiger partial charge in [0.05, 0.1) is 40.7 Å². The summed E-state index contributed by atoms with van der Waals surface area (Å²) in [5.41, 5.74) is 1.82. The summed E-state index contributed by atoms with van der Waals surface area (Å²) in [5, 5.41) is 18.8. The summed E-state index contributed by atoms with van der Waals surface area (Å²) in [5.74, 6) is -2.28. The maximum absolute atomic E-state index is 16.9. The van der Waals surface area contributed by atoms with Crippen LogP contribution in [0.1, 0.15) is 30.4 Å². The van der Waals surface area contributed by atoms with Crippen molar-refractivity contribution < 1.29 is 40.9 Å². The largest absolute Gasteiger partial charge is 0.461 e. The van der Waals surface area contributed by atoms with Gasteiger partial charge in [0, 0.05) is 42.4 Å². The maximum Gasteiger partial charge on any atom is 0.417 e. The summed E-state index contributed by atoms with van der Waals surface area (Å²) < 4.78 is 102. The van der Waals surface area contributed by atoms with E-state index in [1.54, 1.807) is 11.0 Å². The van der Waals surface area contributed by atoms with Crippen LogP contribution in [0.25, 0.3) is 32.1 Å². The third-order valence-electron chi connectivity index (χ3n) is 9.27. The van der Waals surface area contributed by atoms with Gasteiger partial charge in [-0.15, -0.1) is 11.3 Å². The van der Waals surface area contributed by atoms with Crippen molar-refractivity contribution in [1.82, 2.24) is 14.9 Å². The molecule has 3 aliphatic heterocycles. The van der Waals surface area contributed by atoms with Crippen LogP contribution in [-0.4, -0.2) is 83.8 Å². The summed E-state index contributed by atoms with van der Waals surface area (Å²) in [6.07, 6.45) is -5.12. The van der Waals surface area contributed by atoms with Gasteiger partial charge >= 0.3 is 12.2 Å². The van der Waals surface area contributed by atoms with Crippen LogP contribution in [0.15, 0.2) is 18.2 Å². The van der Waals surface area contributed by atoms with E-state index in [4.69, 9.17) is 15.2 Å². The summed E-state index contributed by atoms with van der Waals surface area (Å²) in [6.45, 7) is 0.855. The Kier molecular flexibility index (Phi) is 7.85. The molecule has 7 rings (SSSR count). The highest BCUT2D eigenvalue weighted by Gasteiger charge is 2.49. The summed E-state index contributed by atoms with van der Waals surface area (Å²) in [4.78, 5) is 12.3. The third-order valence-corrected chi connectivity index (χ3v) is 10.3. The number of nitriles is 1. The predicted octanol–water partition coefficient (Wildman–Crippen LogP) is 5.42. The molecule has 0 radical (unpaired) electrons. The maximum atomic E-state index is 16.9. The van der Waals surface area contributed by atoms with Crippen molar-refractivity contribution in [2.45, 2.75) is 43.3 Å². The van der Waals surface area contributed by atoms with E-state index in [0.717, 1.165) is 24.6 Å². The fourth-order valence-corrected chi connectivity index (χ4v) is 8.11. The second-order valence-electron chi connectivity index (χ2n) is 12.1. The third kappa shape index (κ3) is 5.29. The van der Waals surface area contributed by atoms with Crippen molar-refractivity contribution in [1.29, 1.82) is 5.26 Å². The summed E-state index contributed by atoms with van der Waals surface area (Å²) in [7, 11) is 0. The Balaban J connectivity index is 1.46. The highest BCUT2D eigenvalue weighted by molar-refractivity contribution is 7.23. The number of ether oxygens (including phenoxy) is 2. The Labute approximate surface area is 268 Å². The van der Waals surface area contributed by atoms with Crippen LogP contribution in [0.3, 0.4) is 0 Å². The molecule has 5 heterocycles. The molecular formula is C31H28F6N6O3S. The number of benzene rings is 2. The molecule has 0 aliphatic carbocycles. The van der Waals surface area contributed by atoms with Crippen LogP contribution in [-0.2, 0) is 10.9 Å². The highest BCUT2D eigenvalue weighted by atomic mass is 32.1. The van der Waals surface area contributed by atoms with Gasteiger partial charge in [-0.2, -0.15) is 28.4 Å². The van der Waals surface area contributed by atoms with Crippen LogP contribution in [0, 0.1) is 23.0 Å². The smallest absolute Gasteiger partial charge is 0.417 e. The molecule has 4 aromatic rings. The van der Waals surface area contributed by atoms with E-state index in [2.05, 4.69) is 9.97 Å². The van der Waals surface area contributed by atoms with E-state index in [9.17, 15) is 32.3 Å². The molecule has 0 amide bonds. The molecule has 16 heteroatoms. The first-order valence-electron chi connectivity index (χ1n) is 15.0. The molecule has 3 N–H and O–H groups in total. The Hall–Kier alpha value is -3.91. The molecule has 3 unspecified atom stereocenters. The molecule has 9 nitrogen and oxygen atoms in total. The van der Waals surface area contributed by atoms with Crippen LogP contribution >= 0.6 is 11.3 Å². The molecule has 0 spiro atoms. The lowest BCUT2D eigenvalue weighted by molar-refractivity contribution is -0.137. The number of rotatable bonds is 6. The van der Waals surface area contributed by atoms with Gasteiger partial charge in [-0.1, -0.05) is 6.07 Å². The van der Waals surface area contributed by atoms with E-state index in [-0.39, 0.29) is 89.3 Å². The number of nitrogens with zero attached hydrogens (tertiary/aromatic N) is 5. The number of alkyl halides is 4. The van der Waals surface area contributed by atoms with Crippen LogP contribution < -0.4 is 15.4 Å². The number of aromatic nitrogens is 2. The first-order chi connectivity index (χ1) is 22.4. The molecule has 3 atom stereocenters. The molecule has 0 saturated carbocycles. The first kappa shape index (κ1) is 31.7. The fraction of sp³-hybridized carbons (Fsp3) is 0.452. The molecule has 0 bridgehead atoms. The van der Waals surface area contributed by atoms with Gasteiger partial charge in [-0.05, 0) is 37.1 Å². The van der Waals surface area contributed by atoms with Crippen molar-refractivity contribution in [3.05, 3.63) is 41.0 Å². The molecule has 3 saturated heterocycles. The van der Waals surface area contributed by atoms with Crippen molar-refractivity contribution in [3.63, 3.8) is 0 Å². The van der Waals surface area contributed by atoms with E-state index < -0.39 is 52.3 Å². The monoisotopic (exact) mass is 678 g/mol. The van der Waals surface area contributed by atoms with Crippen LogP contribution in [0.4, 0.5) is 37.2 Å². The number of morpholine rings is 1. The van der Waals surface area contributed by atoms with Gasteiger partial charge in [-0.25, -0.2) is 13.2 Å². The predicted molar refractivity (Wildman–Crippen MR) is 162 cm³/mol. The first-order valence-corrected chi connectivity index (χ1v) is 15.8. The lowest BCUT2D eigenvalue weighted by Crippen LogP contribution is -2.45. The number of anilines is 2. The Morgan fingerprint density at radius 1 is 1.21 bits per heavy atom. The molecule has 3 aliphatic rings. The normalized spacial score (nSPS) is 23.5. The van der Waals surface area contributed by atoms with Gasteiger partial charge in [0.1, 0.15) is 41.0 Å². The number of aliphatic hydroxyl groups excluding tert-OH is 1. The lowest BCUT2D eigenvalue weighted by Gasteiger charge is -2.34. The van der Waals surface area contributed by atoms with E-state index in [0.29, 0.717) is 24.3 Å². The zero-order valence-corrected chi connectivity index (χ0v) is 25.5. The van der Waals surface area contributed by atoms with Gasteiger partial charge in [0.15, 0.2) is 5.82 Å². The van der Waals surface area contributed by atoms with E-state index >= 15 is 4.39 Å². The second kappa shape index (κ2) is 11.7. The second-order valence-corrected chi connectivity index (χ2v) is 13.1. The zero-order chi connectivity index (χ0) is 33.2. The van der Waals surface area contributed by atoms with Crippen LogP contribution in [0.5, 0.6) is 6.01 Å². The summed E-state index contributed by atoms with van der Waals surface area (Å²) in [6, 6.07) is 4.09. The Morgan fingerprint density at radius 3 is 2.77 bits per heavy atom. The van der Waals surface area contributed by atoms with Gasteiger partial charge in [0.2, 0.25) is 0 Å². The van der Waals surface area contributed by atoms with Gasteiger partial charge in [0.25, 0.3) is 0 Å². The number of nitrogen functional groups attached to an aromatic ring is 1. The number of aliphatic hydroxyl groups is 1. The zero-order valence-electron chi connectivity index (χ0n) is 24.7. The minimum absolute atomic E-state index is 0.0197. The number of halogens is 6. The van der Waals surface area contributed by atoms with Gasteiger partial charge < -0.3 is 25.2 Å². The minimum Gasteiger partial charge on any atom is -0.461 e. The molecular weight excluding hydrogens is 650 g/mol. The van der Waals surface area contributed by atoms with Crippen molar-refractivity contribution >= 4 is 43.1 Å². The lowest BCUT2D eigenvalue weighted by atomic mass is 9.92. The SMILES string of the molecule is N#Cc1c(N)sc2c(F)ccc(-c3c(C(F)(F)F)cc4c(N5CCOC(CO)C5)nc(OCC56CCCN5CC(F)C6)nc4c3F)c12.